The highest BCUT2D eigenvalue weighted by atomic mass is 35.5. The fourth-order valence-electron chi connectivity index (χ4n) is 1.45. The normalized spacial score (nSPS) is 13.1. The lowest BCUT2D eigenvalue weighted by Gasteiger charge is -2.12. The van der Waals surface area contributed by atoms with Gasteiger partial charge in [0.25, 0.3) is 0 Å². The number of carbonyl (C=O) groups excluding carboxylic acids is 1. The van der Waals surface area contributed by atoms with Gasteiger partial charge in [-0.15, -0.1) is 12.4 Å². The third-order valence-corrected chi connectivity index (χ3v) is 3.59. The number of benzene rings is 1. The van der Waals surface area contributed by atoms with Gasteiger partial charge in [-0.05, 0) is 30.7 Å². The summed E-state index contributed by atoms with van der Waals surface area (Å²) >= 11 is 0. The van der Waals surface area contributed by atoms with E-state index in [0.29, 0.717) is 0 Å². The van der Waals surface area contributed by atoms with E-state index in [1.807, 2.05) is 0 Å². The van der Waals surface area contributed by atoms with E-state index >= 15 is 0 Å². The Balaban J connectivity index is 0.00000441. The monoisotopic (exact) mass is 360 g/mol. The Bertz CT molecular complexity index is 603. The maximum atomic E-state index is 12.4. The molecular weight excluding hydrogens is 345 g/mol. The minimum absolute atomic E-state index is 0. The molecule has 0 aliphatic carbocycles. The Morgan fingerprint density at radius 3 is 2.18 bits per heavy atom. The van der Waals surface area contributed by atoms with E-state index < -0.39 is 33.5 Å². The molecule has 0 heterocycles. The van der Waals surface area contributed by atoms with Gasteiger partial charge in [0.15, 0.2) is 0 Å². The number of anilines is 1. The van der Waals surface area contributed by atoms with Crippen LogP contribution in [0, 0.1) is 0 Å². The molecule has 1 unspecified atom stereocenters. The Labute approximate surface area is 132 Å². The van der Waals surface area contributed by atoms with E-state index in [4.69, 9.17) is 5.73 Å². The van der Waals surface area contributed by atoms with Gasteiger partial charge in [-0.25, -0.2) is 8.42 Å². The minimum atomic E-state index is -4.45. The standard InChI is InChI=1S/C12H15F3N2O3S.ClH/c1-21(19,20)7-6-10(16)11(18)17-9-4-2-8(3-5-9)12(13,14)15;/h2-5,10H,6-7,16H2,1H3,(H,17,18);1H. The number of amides is 1. The first-order valence-electron chi connectivity index (χ1n) is 5.90. The summed E-state index contributed by atoms with van der Waals surface area (Å²) in [4.78, 5) is 11.7. The van der Waals surface area contributed by atoms with Crippen molar-refractivity contribution >= 4 is 33.8 Å². The third kappa shape index (κ3) is 7.10. The van der Waals surface area contributed by atoms with Crippen LogP contribution in [0.5, 0.6) is 0 Å². The maximum Gasteiger partial charge on any atom is 0.416 e. The van der Waals surface area contributed by atoms with Crippen molar-refractivity contribution in [1.29, 1.82) is 0 Å². The zero-order valence-corrected chi connectivity index (χ0v) is 13.2. The van der Waals surface area contributed by atoms with Gasteiger partial charge >= 0.3 is 6.18 Å². The smallest absolute Gasteiger partial charge is 0.325 e. The van der Waals surface area contributed by atoms with Gasteiger partial charge in [0.1, 0.15) is 9.84 Å². The van der Waals surface area contributed by atoms with Crippen molar-refractivity contribution < 1.29 is 26.4 Å². The molecule has 0 saturated carbocycles. The molecule has 0 saturated heterocycles. The van der Waals surface area contributed by atoms with Crippen LogP contribution in [0.15, 0.2) is 24.3 Å². The lowest BCUT2D eigenvalue weighted by atomic mass is 10.2. The molecule has 0 aliphatic rings. The summed E-state index contributed by atoms with van der Waals surface area (Å²) in [7, 11) is -3.23. The van der Waals surface area contributed by atoms with Crippen LogP contribution in [0.4, 0.5) is 18.9 Å². The summed E-state index contributed by atoms with van der Waals surface area (Å²) in [6.45, 7) is 0. The molecule has 1 atom stereocenters. The number of hydrogen-bond acceptors (Lipinski definition) is 4. The number of nitrogens with two attached hydrogens (primary N) is 1. The van der Waals surface area contributed by atoms with Crippen LogP contribution in [0.1, 0.15) is 12.0 Å². The minimum Gasteiger partial charge on any atom is -0.325 e. The molecule has 1 aromatic carbocycles. The van der Waals surface area contributed by atoms with Gasteiger partial charge in [0, 0.05) is 11.9 Å². The number of sulfone groups is 1. The maximum absolute atomic E-state index is 12.4. The zero-order valence-electron chi connectivity index (χ0n) is 11.6. The predicted octanol–water partition coefficient (Wildman–Crippen LogP) is 1.83. The summed E-state index contributed by atoms with van der Waals surface area (Å²) in [5, 5.41) is 2.33. The number of nitrogens with one attached hydrogen (secondary N) is 1. The van der Waals surface area contributed by atoms with E-state index in [-0.39, 0.29) is 30.3 Å². The number of hydrogen-bond donors (Lipinski definition) is 2. The summed E-state index contributed by atoms with van der Waals surface area (Å²) in [5.74, 6) is -0.896. The topological polar surface area (TPSA) is 89.3 Å². The molecule has 22 heavy (non-hydrogen) atoms. The van der Waals surface area contributed by atoms with E-state index in [0.717, 1.165) is 30.5 Å². The SMILES string of the molecule is CS(=O)(=O)CCC(N)C(=O)Nc1ccc(C(F)(F)F)cc1.Cl. The van der Waals surface area contributed by atoms with Gasteiger partial charge in [0.2, 0.25) is 5.91 Å². The molecule has 0 bridgehead atoms. The number of halogens is 4. The quantitative estimate of drug-likeness (QED) is 0.838. The highest BCUT2D eigenvalue weighted by Gasteiger charge is 2.30. The summed E-state index contributed by atoms with van der Waals surface area (Å²) in [5.41, 5.74) is 4.84. The number of alkyl halides is 3. The van der Waals surface area contributed by atoms with Crippen LogP contribution >= 0.6 is 12.4 Å². The first-order chi connectivity index (χ1) is 9.49. The molecule has 126 valence electrons. The molecule has 1 aromatic rings. The Morgan fingerprint density at radius 2 is 1.77 bits per heavy atom. The highest BCUT2D eigenvalue weighted by Crippen LogP contribution is 2.29. The van der Waals surface area contributed by atoms with Crippen LogP contribution in [-0.4, -0.2) is 32.4 Å². The predicted molar refractivity (Wildman–Crippen MR) is 79.6 cm³/mol. The number of rotatable bonds is 5. The molecule has 0 radical (unpaired) electrons. The van der Waals surface area contributed by atoms with Crippen LogP contribution in [0.2, 0.25) is 0 Å². The van der Waals surface area contributed by atoms with Gasteiger partial charge in [0.05, 0.1) is 17.4 Å². The fourth-order valence-corrected chi connectivity index (χ4v) is 2.13. The van der Waals surface area contributed by atoms with Crippen LogP contribution in [-0.2, 0) is 20.8 Å². The third-order valence-electron chi connectivity index (χ3n) is 2.62. The first-order valence-corrected chi connectivity index (χ1v) is 7.96. The molecule has 10 heteroatoms. The average molecular weight is 361 g/mol. The molecule has 0 aliphatic heterocycles. The second-order valence-corrected chi connectivity index (χ2v) is 6.85. The van der Waals surface area contributed by atoms with Gasteiger partial charge in [-0.3, -0.25) is 4.79 Å². The summed E-state index contributed by atoms with van der Waals surface area (Å²) in [6.07, 6.45) is -3.49. The van der Waals surface area contributed by atoms with E-state index in [9.17, 15) is 26.4 Å². The molecule has 0 aromatic heterocycles. The van der Waals surface area contributed by atoms with Gasteiger partial charge in [-0.1, -0.05) is 0 Å². The van der Waals surface area contributed by atoms with Crippen molar-refractivity contribution in [3.63, 3.8) is 0 Å². The van der Waals surface area contributed by atoms with Crippen molar-refractivity contribution in [3.8, 4) is 0 Å². The van der Waals surface area contributed by atoms with Crippen molar-refractivity contribution in [2.24, 2.45) is 5.73 Å². The van der Waals surface area contributed by atoms with Crippen molar-refractivity contribution in [3.05, 3.63) is 29.8 Å². The van der Waals surface area contributed by atoms with Crippen LogP contribution in [0.3, 0.4) is 0 Å². The first kappa shape index (κ1) is 20.7. The second-order valence-electron chi connectivity index (χ2n) is 4.59. The lowest BCUT2D eigenvalue weighted by molar-refractivity contribution is -0.137. The largest absolute Gasteiger partial charge is 0.416 e. The molecule has 0 spiro atoms. The Morgan fingerprint density at radius 1 is 1.27 bits per heavy atom. The van der Waals surface area contributed by atoms with E-state index in [2.05, 4.69) is 5.32 Å². The Kier molecular flexibility index (Phi) is 7.33. The van der Waals surface area contributed by atoms with E-state index in [1.165, 1.54) is 0 Å². The molecule has 5 nitrogen and oxygen atoms in total. The fraction of sp³-hybridized carbons (Fsp3) is 0.417. The van der Waals surface area contributed by atoms with Crippen molar-refractivity contribution in [1.82, 2.24) is 0 Å². The zero-order chi connectivity index (χ0) is 16.3. The van der Waals surface area contributed by atoms with Crippen LogP contribution in [0.25, 0.3) is 0 Å². The van der Waals surface area contributed by atoms with Crippen molar-refractivity contribution in [2.45, 2.75) is 18.6 Å². The van der Waals surface area contributed by atoms with Gasteiger partial charge in [-0.2, -0.15) is 13.2 Å². The lowest BCUT2D eigenvalue weighted by Crippen LogP contribution is -2.37. The molecule has 1 rings (SSSR count). The summed E-state index contributed by atoms with van der Waals surface area (Å²) in [6, 6.07) is 2.81. The van der Waals surface area contributed by atoms with Crippen LogP contribution < -0.4 is 11.1 Å². The van der Waals surface area contributed by atoms with Crippen molar-refractivity contribution in [2.75, 3.05) is 17.3 Å². The molecule has 1 amide bonds. The Hall–Kier alpha value is -1.32. The highest BCUT2D eigenvalue weighted by molar-refractivity contribution is 7.90. The molecular formula is C12H16ClF3N2O3S. The van der Waals surface area contributed by atoms with E-state index in [1.54, 1.807) is 0 Å². The number of carbonyl (C=O) groups is 1. The van der Waals surface area contributed by atoms with Gasteiger partial charge < -0.3 is 11.1 Å². The summed E-state index contributed by atoms with van der Waals surface area (Å²) < 4.78 is 59.0. The molecule has 0 fully saturated rings. The average Bonchev–Trinajstić information content (AvgIpc) is 2.34. The molecule has 3 N–H and O–H groups in total. The second kappa shape index (κ2) is 7.80.